The molecule has 1 saturated carbocycles. The summed E-state index contributed by atoms with van der Waals surface area (Å²) < 4.78 is 33.9. The largest absolute Gasteiger partial charge is 0.494 e. The van der Waals surface area contributed by atoms with Crippen LogP contribution in [-0.2, 0) is 9.63 Å². The van der Waals surface area contributed by atoms with Crippen molar-refractivity contribution in [3.05, 3.63) is 59.9 Å². The molecule has 1 amide bonds. The number of hydrogen-bond acceptors (Lipinski definition) is 10. The summed E-state index contributed by atoms with van der Waals surface area (Å²) in [6.07, 6.45) is 7.16. The molecule has 4 heterocycles. The molecule has 2 aromatic carbocycles. The lowest BCUT2D eigenvalue weighted by Gasteiger charge is -2.43. The van der Waals surface area contributed by atoms with Gasteiger partial charge in [-0.25, -0.2) is 23.8 Å². The number of methoxy groups -OCH3 is 1. The molecule has 0 bridgehead atoms. The van der Waals surface area contributed by atoms with E-state index < -0.39 is 17.7 Å². The van der Waals surface area contributed by atoms with Crippen LogP contribution in [0.15, 0.2) is 42.7 Å². The smallest absolute Gasteiger partial charge is 0.224 e. The normalized spacial score (nSPS) is 21.0. The third-order valence-corrected chi connectivity index (χ3v) is 9.96. The van der Waals surface area contributed by atoms with Gasteiger partial charge in [0.05, 0.1) is 36.8 Å². The summed E-state index contributed by atoms with van der Waals surface area (Å²) in [7, 11) is 1.62. The highest BCUT2D eigenvalue weighted by Gasteiger charge is 2.34. The van der Waals surface area contributed by atoms with Crippen LogP contribution in [-0.4, -0.2) is 90.7 Å². The lowest BCUT2D eigenvalue weighted by Crippen LogP contribution is -2.53. The van der Waals surface area contributed by atoms with Crippen LogP contribution in [0.5, 0.6) is 5.75 Å². The zero-order valence-corrected chi connectivity index (χ0v) is 27.6. The number of nitrogens with zero attached hydrogens (tertiary/aromatic N) is 6. The Morgan fingerprint density at radius 2 is 1.56 bits per heavy atom. The number of halogens is 2. The van der Waals surface area contributed by atoms with E-state index in [1.807, 2.05) is 19.1 Å². The molecule has 1 unspecified atom stereocenters. The number of ether oxygens (including phenoxy) is 1. The first-order valence-corrected chi connectivity index (χ1v) is 17.1. The molecule has 0 spiro atoms. The Hall–Kier alpha value is -4.07. The van der Waals surface area contributed by atoms with Crippen LogP contribution in [0, 0.1) is 11.6 Å². The molecule has 3 aromatic rings. The molecule has 48 heavy (non-hydrogen) atoms. The lowest BCUT2D eigenvalue weighted by molar-refractivity contribution is -0.115. The van der Waals surface area contributed by atoms with E-state index >= 15 is 0 Å². The Bertz CT molecular complexity index is 1590. The number of anilines is 5. The summed E-state index contributed by atoms with van der Waals surface area (Å²) in [6.45, 7) is 8.63. The average Bonchev–Trinajstić information content (AvgIpc) is 3.83. The van der Waals surface area contributed by atoms with Crippen LogP contribution >= 0.6 is 0 Å². The second kappa shape index (κ2) is 14.2. The molecule has 13 heteroatoms. The number of carbonyl (C=O) groups excluding carboxylic acids is 1. The molecule has 4 fully saturated rings. The summed E-state index contributed by atoms with van der Waals surface area (Å²) in [6, 6.07) is 10.0. The zero-order chi connectivity index (χ0) is 33.2. The van der Waals surface area contributed by atoms with Crippen LogP contribution in [0.3, 0.4) is 0 Å². The van der Waals surface area contributed by atoms with E-state index in [1.54, 1.807) is 18.2 Å². The summed E-state index contributed by atoms with van der Waals surface area (Å²) in [5.41, 5.74) is 2.71. The molecule has 11 nitrogen and oxygen atoms in total. The predicted molar refractivity (Wildman–Crippen MR) is 181 cm³/mol. The van der Waals surface area contributed by atoms with Gasteiger partial charge in [0.1, 0.15) is 29.5 Å². The zero-order valence-electron chi connectivity index (χ0n) is 27.6. The predicted octanol–water partition coefficient (Wildman–Crippen LogP) is 5.49. The molecule has 3 aliphatic heterocycles. The van der Waals surface area contributed by atoms with Gasteiger partial charge < -0.3 is 20.3 Å². The maximum Gasteiger partial charge on any atom is 0.224 e. The number of carbonyl (C=O) groups is 1. The number of rotatable bonds is 10. The molecule has 0 radical (unpaired) electrons. The van der Waals surface area contributed by atoms with Crippen LogP contribution < -0.4 is 25.3 Å². The van der Waals surface area contributed by atoms with Gasteiger partial charge in [0.25, 0.3) is 0 Å². The number of benzene rings is 2. The average molecular weight is 663 g/mol. The molecular weight excluding hydrogens is 618 g/mol. The van der Waals surface area contributed by atoms with Crippen LogP contribution in [0.1, 0.15) is 57.1 Å². The van der Waals surface area contributed by atoms with Crippen LogP contribution in [0.2, 0.25) is 0 Å². The van der Waals surface area contributed by atoms with Gasteiger partial charge in [0, 0.05) is 82.4 Å². The molecule has 3 saturated heterocycles. The van der Waals surface area contributed by atoms with E-state index in [0.29, 0.717) is 59.8 Å². The molecule has 2 N–H and O–H groups in total. The van der Waals surface area contributed by atoms with E-state index in [-0.39, 0.29) is 5.91 Å². The number of amides is 1. The summed E-state index contributed by atoms with van der Waals surface area (Å²) in [4.78, 5) is 35.0. The number of piperazine rings is 1. The standard InChI is InChI=1S/C35H44F2N8O3/c1-3-35(46)41-28-19-29(40-33-21-34(39-22-38-33)45-30(8-15-48-45)23-16-24(36)18-25(37)17-23)32(47-2)20-31(28)44-9-6-27(7-10-44)43-13-11-42(12-14-43)26-4-5-26/h16-22,26-27,30H,3-15H2,1-2H3,(H,41,46)(H,38,39,40). The molecule has 1 atom stereocenters. The maximum absolute atomic E-state index is 14.0. The quantitative estimate of drug-likeness (QED) is 0.290. The summed E-state index contributed by atoms with van der Waals surface area (Å²) in [5, 5.41) is 8.00. The molecular formula is C35H44F2N8O3. The molecule has 4 aliphatic rings. The Balaban J connectivity index is 1.08. The molecule has 1 aliphatic carbocycles. The maximum atomic E-state index is 14.0. The van der Waals surface area contributed by atoms with Crippen molar-refractivity contribution in [1.82, 2.24) is 19.8 Å². The molecule has 256 valence electrons. The second-order valence-corrected chi connectivity index (χ2v) is 13.0. The van der Waals surface area contributed by atoms with Crippen molar-refractivity contribution in [3.8, 4) is 5.75 Å². The SMILES string of the molecule is CCC(=O)Nc1cc(Nc2cc(N3OCCC3c3cc(F)cc(F)c3)ncn2)c(OC)cc1N1CCC(N2CCN(C3CC3)CC2)CC1. The number of nitrogens with one attached hydrogen (secondary N) is 2. The fourth-order valence-corrected chi connectivity index (χ4v) is 7.25. The minimum Gasteiger partial charge on any atom is -0.494 e. The van der Waals surface area contributed by atoms with Gasteiger partial charge in [-0.05, 0) is 49.4 Å². The fraction of sp³-hybridized carbons (Fsp3) is 0.514. The van der Waals surface area contributed by atoms with Gasteiger partial charge in [0.2, 0.25) is 5.91 Å². The first kappa shape index (κ1) is 32.5. The second-order valence-electron chi connectivity index (χ2n) is 13.0. The summed E-state index contributed by atoms with van der Waals surface area (Å²) >= 11 is 0. The topological polar surface area (TPSA) is 98.3 Å². The van der Waals surface area contributed by atoms with Crippen molar-refractivity contribution < 1.29 is 23.1 Å². The fourth-order valence-electron chi connectivity index (χ4n) is 7.25. The Kier molecular flexibility index (Phi) is 9.60. The van der Waals surface area contributed by atoms with E-state index in [2.05, 4.69) is 35.3 Å². The van der Waals surface area contributed by atoms with Crippen molar-refractivity contribution in [2.45, 2.75) is 63.6 Å². The number of aromatic nitrogens is 2. The van der Waals surface area contributed by atoms with Crippen molar-refractivity contribution in [2.24, 2.45) is 0 Å². The number of piperidine rings is 1. The Morgan fingerprint density at radius 1 is 0.875 bits per heavy atom. The highest BCUT2D eigenvalue weighted by Crippen LogP contribution is 2.41. The minimum absolute atomic E-state index is 0.0777. The van der Waals surface area contributed by atoms with Crippen molar-refractivity contribution >= 4 is 34.6 Å². The van der Waals surface area contributed by atoms with Gasteiger partial charge in [-0.1, -0.05) is 6.92 Å². The first-order chi connectivity index (χ1) is 23.4. The van der Waals surface area contributed by atoms with Crippen LogP contribution in [0.4, 0.5) is 37.5 Å². The van der Waals surface area contributed by atoms with Crippen molar-refractivity contribution in [3.63, 3.8) is 0 Å². The van der Waals surface area contributed by atoms with Gasteiger partial charge in [-0.2, -0.15) is 0 Å². The van der Waals surface area contributed by atoms with E-state index in [1.165, 1.54) is 44.4 Å². The number of hydrogen-bond donors (Lipinski definition) is 2. The van der Waals surface area contributed by atoms with Gasteiger partial charge in [0.15, 0.2) is 5.82 Å². The van der Waals surface area contributed by atoms with E-state index in [0.717, 1.165) is 56.8 Å². The number of hydroxylamine groups is 1. The third-order valence-electron chi connectivity index (χ3n) is 9.96. The third kappa shape index (κ3) is 7.18. The Labute approximate surface area is 280 Å². The van der Waals surface area contributed by atoms with Gasteiger partial charge in [-0.15, -0.1) is 0 Å². The molecule has 7 rings (SSSR count). The van der Waals surface area contributed by atoms with Crippen LogP contribution in [0.25, 0.3) is 0 Å². The van der Waals surface area contributed by atoms with Crippen molar-refractivity contribution in [2.75, 3.05) is 73.6 Å². The Morgan fingerprint density at radius 3 is 2.21 bits per heavy atom. The highest BCUT2D eigenvalue weighted by molar-refractivity contribution is 5.96. The van der Waals surface area contributed by atoms with Gasteiger partial charge >= 0.3 is 0 Å². The minimum atomic E-state index is -0.644. The highest BCUT2D eigenvalue weighted by atomic mass is 19.1. The van der Waals surface area contributed by atoms with Gasteiger partial charge in [-0.3, -0.25) is 19.4 Å². The lowest BCUT2D eigenvalue weighted by atomic mass is 10.0. The van der Waals surface area contributed by atoms with E-state index in [9.17, 15) is 13.6 Å². The monoisotopic (exact) mass is 662 g/mol. The molecule has 1 aromatic heterocycles. The van der Waals surface area contributed by atoms with Crippen molar-refractivity contribution in [1.29, 1.82) is 0 Å². The first-order valence-electron chi connectivity index (χ1n) is 17.1. The summed E-state index contributed by atoms with van der Waals surface area (Å²) in [5.74, 6) is 0.132. The van der Waals surface area contributed by atoms with E-state index in [4.69, 9.17) is 9.57 Å².